The predicted octanol–water partition coefficient (Wildman–Crippen LogP) is 4.98. The van der Waals surface area contributed by atoms with Gasteiger partial charge in [0.15, 0.2) is 0 Å². The summed E-state index contributed by atoms with van der Waals surface area (Å²) in [4.78, 5) is 30.4. The van der Waals surface area contributed by atoms with Crippen LogP contribution in [-0.4, -0.2) is 22.2 Å². The van der Waals surface area contributed by atoms with Crippen molar-refractivity contribution in [2.45, 2.75) is 39.3 Å². The number of hydrogen-bond donors (Lipinski definition) is 0. The maximum atomic E-state index is 13.4. The van der Waals surface area contributed by atoms with Crippen molar-refractivity contribution in [1.29, 1.82) is 0 Å². The van der Waals surface area contributed by atoms with E-state index in [0.717, 1.165) is 22.5 Å². The molecule has 2 aromatic carbocycles. The van der Waals surface area contributed by atoms with E-state index < -0.39 is 0 Å². The third kappa shape index (κ3) is 3.44. The molecule has 2 heterocycles. The fourth-order valence-electron chi connectivity index (χ4n) is 4.11. The molecule has 0 bridgehead atoms. The number of aromatic nitrogens is 1. The van der Waals surface area contributed by atoms with E-state index in [2.05, 4.69) is 4.37 Å². The zero-order valence-electron chi connectivity index (χ0n) is 16.7. The lowest BCUT2D eigenvalue weighted by molar-refractivity contribution is -0.117. The topological polar surface area (TPSA) is 53.5 Å². The molecule has 29 heavy (non-hydrogen) atoms. The number of anilines is 2. The minimum Gasteiger partial charge on any atom is -0.305 e. The van der Waals surface area contributed by atoms with E-state index in [-0.39, 0.29) is 23.9 Å². The summed E-state index contributed by atoms with van der Waals surface area (Å²) in [5.41, 5.74) is 3.60. The molecule has 0 saturated heterocycles. The summed E-state index contributed by atoms with van der Waals surface area (Å²) in [7, 11) is 0. The smallest absolute Gasteiger partial charge is 0.270 e. The molecule has 4 rings (SSSR count). The number of carbonyl (C=O) groups is 2. The molecule has 0 radical (unpaired) electrons. The molecule has 148 valence electrons. The standard InChI is InChI=1S/C23H23N3O2S/c1-15-14-24-29-22(15)23(28)25-16(2)13-21(19-11-7-8-12-20(19)25)26(17(3)27)18-9-5-4-6-10-18/h4-12,14,16,21H,13H2,1-3H3/t16-,21+/m0/s1. The highest BCUT2D eigenvalue weighted by Gasteiger charge is 2.38. The first-order valence-corrected chi connectivity index (χ1v) is 10.4. The Labute approximate surface area is 174 Å². The highest BCUT2D eigenvalue weighted by molar-refractivity contribution is 7.08. The molecule has 0 aliphatic carbocycles. The molecule has 0 saturated carbocycles. The van der Waals surface area contributed by atoms with Gasteiger partial charge in [0.25, 0.3) is 5.91 Å². The first-order chi connectivity index (χ1) is 14.0. The zero-order chi connectivity index (χ0) is 20.5. The van der Waals surface area contributed by atoms with Crippen molar-refractivity contribution in [2.24, 2.45) is 0 Å². The second-order valence-electron chi connectivity index (χ2n) is 7.40. The van der Waals surface area contributed by atoms with Crippen molar-refractivity contribution in [1.82, 2.24) is 4.37 Å². The van der Waals surface area contributed by atoms with Crippen molar-refractivity contribution >= 4 is 34.7 Å². The number of aryl methyl sites for hydroxylation is 1. The minimum absolute atomic E-state index is 0.0127. The van der Waals surface area contributed by atoms with E-state index in [4.69, 9.17) is 0 Å². The summed E-state index contributed by atoms with van der Waals surface area (Å²) in [6.45, 7) is 5.55. The van der Waals surface area contributed by atoms with Crippen LogP contribution in [0.4, 0.5) is 11.4 Å². The lowest BCUT2D eigenvalue weighted by Gasteiger charge is -2.43. The van der Waals surface area contributed by atoms with Crippen LogP contribution in [-0.2, 0) is 4.79 Å². The first kappa shape index (κ1) is 19.3. The molecule has 2 atom stereocenters. The fraction of sp³-hybridized carbons (Fsp3) is 0.261. The van der Waals surface area contributed by atoms with Crippen molar-refractivity contribution < 1.29 is 9.59 Å². The molecule has 6 heteroatoms. The van der Waals surface area contributed by atoms with E-state index in [9.17, 15) is 9.59 Å². The minimum atomic E-state index is -0.132. The van der Waals surface area contributed by atoms with Crippen LogP contribution in [0.3, 0.4) is 0 Å². The Balaban J connectivity index is 1.80. The van der Waals surface area contributed by atoms with Crippen LogP contribution in [0.2, 0.25) is 0 Å². The second-order valence-corrected chi connectivity index (χ2v) is 8.20. The third-order valence-electron chi connectivity index (χ3n) is 5.41. The van der Waals surface area contributed by atoms with Gasteiger partial charge < -0.3 is 9.80 Å². The van der Waals surface area contributed by atoms with Gasteiger partial charge >= 0.3 is 0 Å². The van der Waals surface area contributed by atoms with Crippen LogP contribution in [0.1, 0.15) is 47.1 Å². The number of nitrogens with zero attached hydrogens (tertiary/aromatic N) is 3. The van der Waals surface area contributed by atoms with Crippen molar-refractivity contribution in [2.75, 3.05) is 9.80 Å². The molecule has 0 unspecified atom stereocenters. The average Bonchev–Trinajstić information content (AvgIpc) is 3.14. The molecular formula is C23H23N3O2S. The first-order valence-electron chi connectivity index (χ1n) is 9.67. The lowest BCUT2D eigenvalue weighted by atomic mass is 9.89. The Kier molecular flexibility index (Phi) is 5.20. The summed E-state index contributed by atoms with van der Waals surface area (Å²) in [5.74, 6) is -0.0428. The molecule has 1 aliphatic heterocycles. The van der Waals surface area contributed by atoms with Crippen LogP contribution in [0.25, 0.3) is 0 Å². The van der Waals surface area contributed by atoms with E-state index >= 15 is 0 Å². The van der Waals surface area contributed by atoms with E-state index in [1.165, 1.54) is 11.5 Å². The Morgan fingerprint density at radius 3 is 2.45 bits per heavy atom. The average molecular weight is 406 g/mol. The molecule has 5 nitrogen and oxygen atoms in total. The number of fused-ring (bicyclic) bond motifs is 1. The summed E-state index contributed by atoms with van der Waals surface area (Å²) < 4.78 is 4.17. The van der Waals surface area contributed by atoms with Gasteiger partial charge in [0.05, 0.1) is 6.04 Å². The second kappa shape index (κ2) is 7.79. The highest BCUT2D eigenvalue weighted by Crippen LogP contribution is 2.42. The number of amides is 2. The van der Waals surface area contributed by atoms with E-state index in [1.807, 2.05) is 78.2 Å². The SMILES string of the molecule is CC(=O)N(c1ccccc1)[C@@H]1C[C@H](C)N(C(=O)c2sncc2C)c2ccccc21. The molecule has 3 aromatic rings. The Bertz CT molecular complexity index is 1050. The summed E-state index contributed by atoms with van der Waals surface area (Å²) in [6.07, 6.45) is 2.39. The highest BCUT2D eigenvalue weighted by atomic mass is 32.1. The number of carbonyl (C=O) groups excluding carboxylic acids is 2. The van der Waals surface area contributed by atoms with Gasteiger partial charge in [-0.15, -0.1) is 0 Å². The number of para-hydroxylation sites is 2. The van der Waals surface area contributed by atoms with Crippen molar-refractivity contribution in [3.8, 4) is 0 Å². The largest absolute Gasteiger partial charge is 0.305 e. The Morgan fingerprint density at radius 1 is 1.10 bits per heavy atom. The Morgan fingerprint density at radius 2 is 1.79 bits per heavy atom. The summed E-state index contributed by atoms with van der Waals surface area (Å²) in [6, 6.07) is 17.4. The van der Waals surface area contributed by atoms with Gasteiger partial charge in [0, 0.05) is 30.5 Å². The summed E-state index contributed by atoms with van der Waals surface area (Å²) >= 11 is 1.23. The quantitative estimate of drug-likeness (QED) is 0.617. The molecule has 2 amide bonds. The molecule has 0 N–H and O–H groups in total. The lowest BCUT2D eigenvalue weighted by Crippen LogP contribution is -2.47. The van der Waals surface area contributed by atoms with Gasteiger partial charge in [-0.05, 0) is 61.1 Å². The van der Waals surface area contributed by atoms with Gasteiger partial charge in [0.1, 0.15) is 4.88 Å². The maximum Gasteiger partial charge on any atom is 0.270 e. The normalized spacial score (nSPS) is 18.2. The molecular weight excluding hydrogens is 382 g/mol. The molecule has 0 fully saturated rings. The van der Waals surface area contributed by atoms with E-state index in [1.54, 1.807) is 13.1 Å². The number of hydrogen-bond acceptors (Lipinski definition) is 4. The van der Waals surface area contributed by atoms with E-state index in [0.29, 0.717) is 11.3 Å². The number of benzene rings is 2. The zero-order valence-corrected chi connectivity index (χ0v) is 17.5. The van der Waals surface area contributed by atoms with Crippen molar-refractivity contribution in [3.05, 3.63) is 76.8 Å². The van der Waals surface area contributed by atoms with Gasteiger partial charge in [-0.1, -0.05) is 36.4 Å². The molecule has 1 aromatic heterocycles. The monoisotopic (exact) mass is 405 g/mol. The number of rotatable bonds is 3. The predicted molar refractivity (Wildman–Crippen MR) is 117 cm³/mol. The Hall–Kier alpha value is -2.99. The summed E-state index contributed by atoms with van der Waals surface area (Å²) in [5, 5.41) is 0. The van der Waals surface area contributed by atoms with Gasteiger partial charge in [-0.3, -0.25) is 9.59 Å². The van der Waals surface area contributed by atoms with Gasteiger partial charge in [-0.2, -0.15) is 0 Å². The van der Waals surface area contributed by atoms with Crippen molar-refractivity contribution in [3.63, 3.8) is 0 Å². The maximum absolute atomic E-state index is 13.4. The van der Waals surface area contributed by atoms with Crippen LogP contribution < -0.4 is 9.80 Å². The molecule has 0 spiro atoms. The molecule has 1 aliphatic rings. The van der Waals surface area contributed by atoms with Crippen LogP contribution in [0.5, 0.6) is 0 Å². The van der Waals surface area contributed by atoms with Crippen LogP contribution in [0.15, 0.2) is 60.8 Å². The van der Waals surface area contributed by atoms with Gasteiger partial charge in [0.2, 0.25) is 5.91 Å². The van der Waals surface area contributed by atoms with Crippen LogP contribution >= 0.6 is 11.5 Å². The third-order valence-corrected chi connectivity index (χ3v) is 6.30. The fourth-order valence-corrected chi connectivity index (χ4v) is 4.80. The van der Waals surface area contributed by atoms with Crippen LogP contribution in [0, 0.1) is 6.92 Å². The van der Waals surface area contributed by atoms with Gasteiger partial charge in [-0.25, -0.2) is 4.37 Å².